The molecule has 0 atom stereocenters. The van der Waals surface area contributed by atoms with E-state index in [1.807, 2.05) is 0 Å². The van der Waals surface area contributed by atoms with Crippen molar-refractivity contribution < 1.29 is 4.65 Å². The van der Waals surface area contributed by atoms with Gasteiger partial charge in [-0.05, 0) is 31.6 Å². The predicted octanol–water partition coefficient (Wildman–Crippen LogP) is 3.74. The quantitative estimate of drug-likeness (QED) is 0.433. The van der Waals surface area contributed by atoms with E-state index in [1.54, 1.807) is 0 Å². The smallest absolute Gasteiger partial charge is 0.356 e. The zero-order chi connectivity index (χ0) is 9.40. The Morgan fingerprint density at radius 1 is 1.17 bits per heavy atom. The van der Waals surface area contributed by atoms with Crippen LogP contribution in [0, 0.1) is 0 Å². The van der Waals surface area contributed by atoms with Crippen LogP contribution in [0.3, 0.4) is 0 Å². The van der Waals surface area contributed by atoms with E-state index in [4.69, 9.17) is 4.65 Å². The van der Waals surface area contributed by atoms with Crippen LogP contribution in [-0.2, 0) is 4.65 Å². The van der Waals surface area contributed by atoms with Crippen molar-refractivity contribution in [1.82, 2.24) is 0 Å². The number of hydrogen-bond donors (Lipinski definition) is 0. The summed E-state index contributed by atoms with van der Waals surface area (Å²) >= 11 is 0. The summed E-state index contributed by atoms with van der Waals surface area (Å²) in [5, 5.41) is 0. The van der Waals surface area contributed by atoms with Crippen molar-refractivity contribution >= 4 is 6.92 Å². The standard InChI is InChI=1S/C10H21BO/c1-5-9-10(6-2)12-11(7-3)8-4/h9H,5-8H2,1-4H3/b10-9-. The van der Waals surface area contributed by atoms with E-state index in [-0.39, 0.29) is 0 Å². The SMILES string of the molecule is CC/C=C(/CC)OB(CC)CC. The van der Waals surface area contributed by atoms with Gasteiger partial charge in [-0.1, -0.05) is 27.7 Å². The Labute approximate surface area is 77.3 Å². The lowest BCUT2D eigenvalue weighted by atomic mass is 9.62. The van der Waals surface area contributed by atoms with E-state index >= 15 is 0 Å². The van der Waals surface area contributed by atoms with Gasteiger partial charge in [0.25, 0.3) is 0 Å². The first-order valence-corrected chi connectivity index (χ1v) is 5.14. The second-order valence-corrected chi connectivity index (χ2v) is 2.99. The highest BCUT2D eigenvalue weighted by molar-refractivity contribution is 6.51. The molecule has 12 heavy (non-hydrogen) atoms. The van der Waals surface area contributed by atoms with Crippen molar-refractivity contribution in [3.63, 3.8) is 0 Å². The molecule has 0 amide bonds. The molecule has 0 aromatic heterocycles. The average molecular weight is 168 g/mol. The lowest BCUT2D eigenvalue weighted by Gasteiger charge is -2.14. The van der Waals surface area contributed by atoms with Crippen molar-refractivity contribution in [3.05, 3.63) is 11.8 Å². The zero-order valence-corrected chi connectivity index (χ0v) is 8.89. The highest BCUT2D eigenvalue weighted by Crippen LogP contribution is 2.10. The van der Waals surface area contributed by atoms with Crippen LogP contribution in [0.5, 0.6) is 0 Å². The summed E-state index contributed by atoms with van der Waals surface area (Å²) in [4.78, 5) is 0. The molecule has 0 saturated heterocycles. The molecular formula is C10H21BO. The minimum absolute atomic E-state index is 0.419. The van der Waals surface area contributed by atoms with Crippen LogP contribution in [-0.4, -0.2) is 6.92 Å². The number of allylic oxidation sites excluding steroid dienone is 2. The largest absolute Gasteiger partial charge is 0.564 e. The van der Waals surface area contributed by atoms with Gasteiger partial charge >= 0.3 is 6.92 Å². The summed E-state index contributed by atoms with van der Waals surface area (Å²) in [7, 11) is 0. The molecule has 0 radical (unpaired) electrons. The third-order valence-electron chi connectivity index (χ3n) is 2.01. The molecule has 0 aliphatic carbocycles. The molecule has 0 spiro atoms. The summed E-state index contributed by atoms with van der Waals surface area (Å²) in [6.45, 7) is 9.05. The Kier molecular flexibility index (Phi) is 7.03. The second kappa shape index (κ2) is 7.26. The Morgan fingerprint density at radius 3 is 2.08 bits per heavy atom. The maximum Gasteiger partial charge on any atom is 0.356 e. The van der Waals surface area contributed by atoms with Crippen LogP contribution in [0.2, 0.25) is 12.6 Å². The van der Waals surface area contributed by atoms with Gasteiger partial charge in [-0.2, -0.15) is 0 Å². The van der Waals surface area contributed by atoms with Gasteiger partial charge in [-0.15, -0.1) is 0 Å². The molecule has 0 unspecified atom stereocenters. The molecule has 0 N–H and O–H groups in total. The molecule has 0 aliphatic rings. The molecule has 0 saturated carbocycles. The molecular weight excluding hydrogens is 147 g/mol. The zero-order valence-electron chi connectivity index (χ0n) is 8.89. The lowest BCUT2D eigenvalue weighted by Crippen LogP contribution is -2.14. The first kappa shape index (κ1) is 11.6. The van der Waals surface area contributed by atoms with Gasteiger partial charge in [-0.25, -0.2) is 0 Å². The molecule has 1 nitrogen and oxygen atoms in total. The molecule has 0 rings (SSSR count). The van der Waals surface area contributed by atoms with E-state index in [1.165, 1.54) is 0 Å². The van der Waals surface area contributed by atoms with Crippen LogP contribution >= 0.6 is 0 Å². The maximum atomic E-state index is 5.80. The van der Waals surface area contributed by atoms with E-state index in [2.05, 4.69) is 33.8 Å². The average Bonchev–Trinajstić information content (AvgIpc) is 2.12. The number of hydrogen-bond acceptors (Lipinski definition) is 1. The summed E-state index contributed by atoms with van der Waals surface area (Å²) in [6, 6.07) is 0. The normalized spacial score (nSPS) is 11.5. The van der Waals surface area contributed by atoms with Gasteiger partial charge in [0.2, 0.25) is 0 Å². The fourth-order valence-electron chi connectivity index (χ4n) is 1.17. The van der Waals surface area contributed by atoms with Crippen molar-refractivity contribution in [2.24, 2.45) is 0 Å². The fourth-order valence-corrected chi connectivity index (χ4v) is 1.17. The van der Waals surface area contributed by atoms with Gasteiger partial charge in [0.15, 0.2) is 0 Å². The summed E-state index contributed by atoms with van der Waals surface area (Å²) in [5.74, 6) is 1.16. The minimum Gasteiger partial charge on any atom is -0.564 e. The van der Waals surface area contributed by atoms with Crippen LogP contribution in [0.4, 0.5) is 0 Å². The molecule has 0 aliphatic heterocycles. The van der Waals surface area contributed by atoms with Crippen molar-refractivity contribution in [2.45, 2.75) is 53.2 Å². The highest BCUT2D eigenvalue weighted by atomic mass is 16.4. The van der Waals surface area contributed by atoms with E-state index < -0.39 is 0 Å². The highest BCUT2D eigenvalue weighted by Gasteiger charge is 2.11. The first-order valence-electron chi connectivity index (χ1n) is 5.14. The topological polar surface area (TPSA) is 9.23 Å². The van der Waals surface area contributed by atoms with Crippen molar-refractivity contribution in [2.75, 3.05) is 0 Å². The molecule has 0 aromatic carbocycles. The molecule has 0 bridgehead atoms. The predicted molar refractivity (Wildman–Crippen MR) is 56.5 cm³/mol. The summed E-state index contributed by atoms with van der Waals surface area (Å²) in [6.07, 6.45) is 6.49. The molecule has 0 fully saturated rings. The molecule has 70 valence electrons. The minimum atomic E-state index is 0.419. The fraction of sp³-hybridized carbons (Fsp3) is 0.800. The van der Waals surface area contributed by atoms with Crippen molar-refractivity contribution in [3.8, 4) is 0 Å². The first-order chi connectivity index (χ1) is 5.78. The number of rotatable bonds is 6. The third kappa shape index (κ3) is 4.48. The van der Waals surface area contributed by atoms with Gasteiger partial charge in [0.1, 0.15) is 0 Å². The van der Waals surface area contributed by atoms with Gasteiger partial charge < -0.3 is 4.65 Å². The Morgan fingerprint density at radius 2 is 1.75 bits per heavy atom. The van der Waals surface area contributed by atoms with E-state index in [9.17, 15) is 0 Å². The van der Waals surface area contributed by atoms with Crippen LogP contribution < -0.4 is 0 Å². The van der Waals surface area contributed by atoms with Crippen molar-refractivity contribution in [1.29, 1.82) is 0 Å². The summed E-state index contributed by atoms with van der Waals surface area (Å²) in [5.41, 5.74) is 0. The third-order valence-corrected chi connectivity index (χ3v) is 2.01. The van der Waals surface area contributed by atoms with Crippen LogP contribution in [0.25, 0.3) is 0 Å². The van der Waals surface area contributed by atoms with Crippen LogP contribution in [0.1, 0.15) is 40.5 Å². The van der Waals surface area contributed by atoms with E-state index in [0.717, 1.165) is 31.2 Å². The Balaban J connectivity index is 3.91. The molecule has 0 aromatic rings. The van der Waals surface area contributed by atoms with Gasteiger partial charge in [-0.3, -0.25) is 0 Å². The van der Waals surface area contributed by atoms with Crippen LogP contribution in [0.15, 0.2) is 11.8 Å². The monoisotopic (exact) mass is 168 g/mol. The Bertz CT molecular complexity index is 128. The summed E-state index contributed by atoms with van der Waals surface area (Å²) < 4.78 is 5.80. The molecule has 0 heterocycles. The Hall–Kier alpha value is -0.395. The maximum absolute atomic E-state index is 5.80. The second-order valence-electron chi connectivity index (χ2n) is 2.99. The molecule has 2 heteroatoms. The van der Waals surface area contributed by atoms with Gasteiger partial charge in [0.05, 0.1) is 5.76 Å². The van der Waals surface area contributed by atoms with Gasteiger partial charge in [0, 0.05) is 0 Å². The van der Waals surface area contributed by atoms with E-state index in [0.29, 0.717) is 6.92 Å². The lowest BCUT2D eigenvalue weighted by molar-refractivity contribution is 0.411.